The highest BCUT2D eigenvalue weighted by molar-refractivity contribution is 8.03. The molecule has 1 aromatic carbocycles. The highest BCUT2D eigenvalue weighted by Crippen LogP contribution is 2.29. The Hall–Kier alpha value is -0.630. The van der Waals surface area contributed by atoms with Gasteiger partial charge in [-0.15, -0.1) is 10.2 Å². The Balaban J connectivity index is 1.36. The molecule has 0 bridgehead atoms. The third-order valence-corrected chi connectivity index (χ3v) is 8.56. The minimum Gasteiger partial charge on any atom is -0.378 e. The lowest BCUT2D eigenvalue weighted by atomic mass is 10.2. The Morgan fingerprint density at radius 1 is 1.34 bits per heavy atom. The molecule has 1 aromatic heterocycles. The number of nitrogens with zero attached hydrogens (tertiary/aromatic N) is 3. The molecule has 0 radical (unpaired) electrons. The second-order valence-electron chi connectivity index (χ2n) is 7.02. The molecule has 176 valence electrons. The second-order valence-corrected chi connectivity index (χ2v) is 11.3. The highest BCUT2D eigenvalue weighted by atomic mass is 35.5. The van der Waals surface area contributed by atoms with Gasteiger partial charge in [-0.3, -0.25) is 15.0 Å². The lowest BCUT2D eigenvalue weighted by Crippen LogP contribution is -2.47. The summed E-state index contributed by atoms with van der Waals surface area (Å²) in [5, 5.41) is 24.5. The smallest absolute Gasteiger partial charge is 0.230 e. The van der Waals surface area contributed by atoms with Crippen molar-refractivity contribution in [3.05, 3.63) is 33.8 Å². The number of nitrogens with one attached hydrogen (secondary N) is 2. The van der Waals surface area contributed by atoms with Gasteiger partial charge in [0.1, 0.15) is 6.23 Å². The summed E-state index contributed by atoms with van der Waals surface area (Å²) in [6, 6.07) is 5.66. The maximum absolute atomic E-state index is 12.2. The zero-order valence-corrected chi connectivity index (χ0v) is 21.4. The zero-order valence-electron chi connectivity index (χ0n) is 17.4. The molecule has 1 aliphatic rings. The SMILES string of the molecule is CN[C@@H](O)CSc1nnc(SCC(=O)NC[C@H]2CN(Cc3ccc(Cl)c(Cl)c3)CCO2)s1. The molecule has 2 atom stereocenters. The van der Waals surface area contributed by atoms with Gasteiger partial charge in [-0.1, -0.05) is 64.1 Å². The van der Waals surface area contributed by atoms with E-state index < -0.39 is 6.23 Å². The summed E-state index contributed by atoms with van der Waals surface area (Å²) >= 11 is 16.3. The fraction of sp³-hybridized carbons (Fsp3) is 0.526. The Morgan fingerprint density at radius 3 is 2.88 bits per heavy atom. The van der Waals surface area contributed by atoms with Crippen molar-refractivity contribution in [3.8, 4) is 0 Å². The molecule has 0 saturated carbocycles. The molecule has 0 unspecified atom stereocenters. The van der Waals surface area contributed by atoms with Gasteiger partial charge in [0.05, 0.1) is 28.5 Å². The van der Waals surface area contributed by atoms with Crippen LogP contribution in [0.2, 0.25) is 10.0 Å². The van der Waals surface area contributed by atoms with Crippen LogP contribution >= 0.6 is 58.1 Å². The molecule has 32 heavy (non-hydrogen) atoms. The third-order valence-electron chi connectivity index (χ3n) is 4.55. The first-order valence-corrected chi connectivity index (χ1v) is 13.5. The van der Waals surface area contributed by atoms with Gasteiger partial charge in [0.2, 0.25) is 5.91 Å². The van der Waals surface area contributed by atoms with Gasteiger partial charge in [-0.05, 0) is 24.7 Å². The molecule has 0 spiro atoms. The first kappa shape index (κ1) is 26.0. The number of rotatable bonds is 11. The van der Waals surface area contributed by atoms with E-state index in [-0.39, 0.29) is 17.8 Å². The first-order valence-electron chi connectivity index (χ1n) is 9.92. The standard InChI is InChI=1S/C19H25Cl2N5O3S3/c1-22-16(27)10-30-18-24-25-19(32-18)31-11-17(28)23-7-13-9-26(4-5-29-13)8-12-2-3-14(20)15(21)6-12/h2-3,6,13,16,22,27H,4-5,7-11H2,1H3,(H,23,28)/t13-,16-/m0/s1. The van der Waals surface area contributed by atoms with Crippen LogP contribution in [0.1, 0.15) is 5.56 Å². The summed E-state index contributed by atoms with van der Waals surface area (Å²) in [6.07, 6.45) is -0.656. The molecular formula is C19H25Cl2N5O3S3. The highest BCUT2D eigenvalue weighted by Gasteiger charge is 2.21. The summed E-state index contributed by atoms with van der Waals surface area (Å²) in [5.41, 5.74) is 1.09. The molecule has 3 N–H and O–H groups in total. The Bertz CT molecular complexity index is 892. The number of halogens is 2. The monoisotopic (exact) mass is 537 g/mol. The third kappa shape index (κ3) is 8.62. The van der Waals surface area contributed by atoms with Crippen molar-refractivity contribution >= 4 is 64.0 Å². The summed E-state index contributed by atoms with van der Waals surface area (Å²) in [6.45, 7) is 3.37. The lowest BCUT2D eigenvalue weighted by Gasteiger charge is -2.33. The number of carbonyl (C=O) groups excluding carboxylic acids is 1. The molecule has 2 heterocycles. The van der Waals surface area contributed by atoms with E-state index in [0.29, 0.717) is 28.9 Å². The molecule has 0 aliphatic carbocycles. The molecule has 8 nitrogen and oxygen atoms in total. The van der Waals surface area contributed by atoms with Crippen molar-refractivity contribution in [2.24, 2.45) is 0 Å². The zero-order chi connectivity index (χ0) is 22.9. The van der Waals surface area contributed by atoms with Crippen molar-refractivity contribution in [2.75, 3.05) is 44.8 Å². The maximum Gasteiger partial charge on any atom is 0.230 e. The van der Waals surface area contributed by atoms with Crippen molar-refractivity contribution in [3.63, 3.8) is 0 Å². The Morgan fingerprint density at radius 2 is 2.12 bits per heavy atom. The van der Waals surface area contributed by atoms with E-state index in [2.05, 4.69) is 25.7 Å². The van der Waals surface area contributed by atoms with E-state index in [1.165, 1.54) is 34.9 Å². The number of hydrogen-bond donors (Lipinski definition) is 3. The van der Waals surface area contributed by atoms with Crippen LogP contribution in [0.3, 0.4) is 0 Å². The average molecular weight is 539 g/mol. The normalized spacial score (nSPS) is 17.9. The number of hydrogen-bond acceptors (Lipinski definition) is 10. The van der Waals surface area contributed by atoms with Gasteiger partial charge < -0.3 is 15.2 Å². The largest absolute Gasteiger partial charge is 0.378 e. The second kappa shape index (κ2) is 13.3. The van der Waals surface area contributed by atoms with Crippen molar-refractivity contribution in [1.82, 2.24) is 25.7 Å². The molecule has 2 aromatic rings. The van der Waals surface area contributed by atoms with Gasteiger partial charge in [0.25, 0.3) is 0 Å². The van der Waals surface area contributed by atoms with Gasteiger partial charge in [-0.2, -0.15) is 0 Å². The topological polar surface area (TPSA) is 99.6 Å². The molecule has 13 heteroatoms. The summed E-state index contributed by atoms with van der Waals surface area (Å²) in [5.74, 6) is 0.674. The number of benzene rings is 1. The minimum atomic E-state index is -0.590. The number of carbonyl (C=O) groups is 1. The van der Waals surface area contributed by atoms with Crippen molar-refractivity contribution in [1.29, 1.82) is 0 Å². The van der Waals surface area contributed by atoms with Gasteiger partial charge in [0.15, 0.2) is 8.68 Å². The number of amides is 1. The van der Waals surface area contributed by atoms with E-state index in [1.54, 1.807) is 13.1 Å². The average Bonchev–Trinajstić information content (AvgIpc) is 3.25. The number of morpholine rings is 1. The molecule has 1 amide bonds. The van der Waals surface area contributed by atoms with Gasteiger partial charge in [-0.25, -0.2) is 0 Å². The fourth-order valence-electron chi connectivity index (χ4n) is 2.90. The number of aliphatic hydroxyl groups is 1. The van der Waals surface area contributed by atoms with Gasteiger partial charge >= 0.3 is 0 Å². The number of ether oxygens (including phenoxy) is 1. The van der Waals surface area contributed by atoms with Crippen molar-refractivity contribution in [2.45, 2.75) is 27.6 Å². The van der Waals surface area contributed by atoms with Crippen LogP contribution < -0.4 is 10.6 Å². The van der Waals surface area contributed by atoms with Crippen molar-refractivity contribution < 1.29 is 14.6 Å². The van der Waals surface area contributed by atoms with E-state index in [4.69, 9.17) is 27.9 Å². The first-order chi connectivity index (χ1) is 15.4. The molecule has 1 aliphatic heterocycles. The summed E-state index contributed by atoms with van der Waals surface area (Å²) in [4.78, 5) is 14.5. The minimum absolute atomic E-state index is 0.0661. The number of aliphatic hydroxyl groups excluding tert-OH is 1. The molecule has 1 saturated heterocycles. The quantitative estimate of drug-likeness (QED) is 0.295. The van der Waals surface area contributed by atoms with Crippen LogP contribution in [-0.4, -0.2) is 83.2 Å². The molecule has 3 rings (SSSR count). The number of thioether (sulfide) groups is 2. The maximum atomic E-state index is 12.2. The molecular weight excluding hydrogens is 513 g/mol. The number of aromatic nitrogens is 2. The summed E-state index contributed by atoms with van der Waals surface area (Å²) < 4.78 is 7.29. The summed E-state index contributed by atoms with van der Waals surface area (Å²) in [7, 11) is 1.69. The van der Waals surface area contributed by atoms with E-state index in [1.807, 2.05) is 12.1 Å². The van der Waals surface area contributed by atoms with Crippen LogP contribution in [0, 0.1) is 0 Å². The Kier molecular flexibility index (Phi) is 10.8. The van der Waals surface area contributed by atoms with E-state index in [0.717, 1.165) is 33.9 Å². The predicted molar refractivity (Wildman–Crippen MR) is 131 cm³/mol. The lowest BCUT2D eigenvalue weighted by molar-refractivity contribution is -0.119. The molecule has 1 fully saturated rings. The van der Waals surface area contributed by atoms with Crippen LogP contribution in [-0.2, 0) is 16.1 Å². The van der Waals surface area contributed by atoms with E-state index >= 15 is 0 Å². The van der Waals surface area contributed by atoms with Crippen LogP contribution in [0.5, 0.6) is 0 Å². The Labute approximate surface area is 209 Å². The van der Waals surface area contributed by atoms with Crippen LogP contribution in [0.25, 0.3) is 0 Å². The van der Waals surface area contributed by atoms with Crippen LogP contribution in [0.15, 0.2) is 26.9 Å². The fourth-order valence-corrected chi connectivity index (χ4v) is 6.04. The predicted octanol–water partition coefficient (Wildman–Crippen LogP) is 2.58. The van der Waals surface area contributed by atoms with Crippen LogP contribution in [0.4, 0.5) is 0 Å². The van der Waals surface area contributed by atoms with E-state index in [9.17, 15) is 9.90 Å². The van der Waals surface area contributed by atoms with Gasteiger partial charge in [0, 0.05) is 31.9 Å².